The standard InChI is InChI=1S/C27H39F5/c1-18(2)4-3-5-19-6-8-20(9-7-19)10-11-21-12-14-22(15-13-21)23-16-24(28)26(25(29)17-23)27(30,31)32/h16-22H,3-15H2,1-2H3. The molecule has 2 saturated carbocycles. The van der Waals surface area contributed by atoms with Crippen LogP contribution in [-0.4, -0.2) is 0 Å². The lowest BCUT2D eigenvalue weighted by molar-refractivity contribution is -0.142. The summed E-state index contributed by atoms with van der Waals surface area (Å²) in [6, 6.07) is 1.80. The molecule has 0 radical (unpaired) electrons. The molecule has 2 aliphatic rings. The highest BCUT2D eigenvalue weighted by molar-refractivity contribution is 5.30. The van der Waals surface area contributed by atoms with Gasteiger partial charge in [0.2, 0.25) is 0 Å². The second-order valence-electron chi connectivity index (χ2n) is 10.9. The maximum Gasteiger partial charge on any atom is 0.422 e. The van der Waals surface area contributed by atoms with Gasteiger partial charge in [0.05, 0.1) is 0 Å². The lowest BCUT2D eigenvalue weighted by atomic mass is 9.74. The molecule has 0 saturated heterocycles. The Labute approximate surface area is 190 Å². The Hall–Kier alpha value is -1.13. The SMILES string of the molecule is CC(C)CCCC1CCC(CCC2CCC(c3cc(F)c(C(F)(F)F)c(F)c3)CC2)CC1. The van der Waals surface area contributed by atoms with Crippen LogP contribution in [0.15, 0.2) is 12.1 Å². The number of hydrogen-bond donors (Lipinski definition) is 0. The molecule has 32 heavy (non-hydrogen) atoms. The van der Waals surface area contributed by atoms with Crippen molar-refractivity contribution >= 4 is 0 Å². The molecule has 1 aromatic carbocycles. The van der Waals surface area contributed by atoms with E-state index >= 15 is 0 Å². The van der Waals surface area contributed by atoms with E-state index in [2.05, 4.69) is 13.8 Å². The Morgan fingerprint density at radius 2 is 1.19 bits per heavy atom. The first-order chi connectivity index (χ1) is 15.1. The predicted molar refractivity (Wildman–Crippen MR) is 119 cm³/mol. The Morgan fingerprint density at radius 3 is 1.62 bits per heavy atom. The third-order valence-corrected chi connectivity index (χ3v) is 8.01. The highest BCUT2D eigenvalue weighted by atomic mass is 19.4. The van der Waals surface area contributed by atoms with Crippen molar-refractivity contribution in [3.05, 3.63) is 34.9 Å². The summed E-state index contributed by atoms with van der Waals surface area (Å²) in [5, 5.41) is 0. The fourth-order valence-electron chi connectivity index (χ4n) is 5.98. The fraction of sp³-hybridized carbons (Fsp3) is 0.778. The molecule has 0 amide bonds. The predicted octanol–water partition coefficient (Wildman–Crippen LogP) is 9.67. The summed E-state index contributed by atoms with van der Waals surface area (Å²) in [6.07, 6.45) is 10.6. The second kappa shape index (κ2) is 11.3. The fourth-order valence-corrected chi connectivity index (χ4v) is 5.98. The van der Waals surface area contributed by atoms with E-state index in [-0.39, 0.29) is 5.92 Å². The Balaban J connectivity index is 1.39. The van der Waals surface area contributed by atoms with Crippen molar-refractivity contribution in [2.24, 2.45) is 23.7 Å². The number of halogens is 5. The van der Waals surface area contributed by atoms with Gasteiger partial charge in [-0.25, -0.2) is 8.78 Å². The first kappa shape index (κ1) is 25.5. The highest BCUT2D eigenvalue weighted by Crippen LogP contribution is 2.42. The quantitative estimate of drug-likeness (QED) is 0.340. The van der Waals surface area contributed by atoms with E-state index in [0.29, 0.717) is 11.5 Å². The molecule has 2 aliphatic carbocycles. The summed E-state index contributed by atoms with van der Waals surface area (Å²) >= 11 is 0. The van der Waals surface area contributed by atoms with E-state index < -0.39 is 23.4 Å². The molecule has 182 valence electrons. The molecule has 0 N–H and O–H groups in total. The molecule has 0 nitrogen and oxygen atoms in total. The summed E-state index contributed by atoms with van der Waals surface area (Å²) in [5.74, 6) is 0.178. The first-order valence-electron chi connectivity index (χ1n) is 12.7. The summed E-state index contributed by atoms with van der Waals surface area (Å²) in [5.41, 5.74) is -1.40. The number of rotatable bonds is 8. The average molecular weight is 459 g/mol. The zero-order valence-corrected chi connectivity index (χ0v) is 19.6. The zero-order valence-electron chi connectivity index (χ0n) is 19.6. The van der Waals surface area contributed by atoms with Crippen LogP contribution in [0.1, 0.15) is 114 Å². The van der Waals surface area contributed by atoms with Crippen molar-refractivity contribution < 1.29 is 22.0 Å². The Bertz CT molecular complexity index is 684. The van der Waals surface area contributed by atoms with Gasteiger partial charge < -0.3 is 0 Å². The van der Waals surface area contributed by atoms with E-state index in [0.717, 1.165) is 55.6 Å². The molecule has 1 aromatic rings. The van der Waals surface area contributed by atoms with Gasteiger partial charge in [0, 0.05) is 0 Å². The molecule has 0 aliphatic heterocycles. The van der Waals surface area contributed by atoms with Crippen LogP contribution in [0.25, 0.3) is 0 Å². The zero-order chi connectivity index (χ0) is 23.3. The maximum atomic E-state index is 13.9. The van der Waals surface area contributed by atoms with Crippen molar-refractivity contribution in [2.75, 3.05) is 0 Å². The molecule has 0 atom stereocenters. The minimum atomic E-state index is -5.00. The van der Waals surface area contributed by atoms with Gasteiger partial charge in [0.1, 0.15) is 17.2 Å². The van der Waals surface area contributed by atoms with Crippen LogP contribution in [0, 0.1) is 35.3 Å². The van der Waals surface area contributed by atoms with Gasteiger partial charge in [0.25, 0.3) is 0 Å². The van der Waals surface area contributed by atoms with Gasteiger partial charge in [0.15, 0.2) is 0 Å². The topological polar surface area (TPSA) is 0 Å². The van der Waals surface area contributed by atoms with Crippen LogP contribution >= 0.6 is 0 Å². The number of hydrogen-bond acceptors (Lipinski definition) is 0. The molecule has 2 fully saturated rings. The van der Waals surface area contributed by atoms with Crippen LogP contribution < -0.4 is 0 Å². The number of alkyl halides is 3. The lowest BCUT2D eigenvalue weighted by Crippen LogP contribution is -2.18. The Kier molecular flexibility index (Phi) is 9.03. The molecule has 0 unspecified atom stereocenters. The molecule has 0 spiro atoms. The molecule has 0 bridgehead atoms. The van der Waals surface area contributed by atoms with Crippen molar-refractivity contribution in [3.8, 4) is 0 Å². The van der Waals surface area contributed by atoms with Crippen molar-refractivity contribution in [1.29, 1.82) is 0 Å². The van der Waals surface area contributed by atoms with Crippen molar-refractivity contribution in [2.45, 2.75) is 109 Å². The van der Waals surface area contributed by atoms with Crippen LogP contribution in [0.5, 0.6) is 0 Å². The summed E-state index contributed by atoms with van der Waals surface area (Å²) in [6.45, 7) is 4.59. The molecule has 0 aromatic heterocycles. The minimum Gasteiger partial charge on any atom is -0.206 e. The van der Waals surface area contributed by atoms with Crippen molar-refractivity contribution in [1.82, 2.24) is 0 Å². The van der Waals surface area contributed by atoms with Crippen LogP contribution in [-0.2, 0) is 6.18 Å². The van der Waals surface area contributed by atoms with E-state index in [1.807, 2.05) is 0 Å². The molecule has 0 heterocycles. The average Bonchev–Trinajstić information content (AvgIpc) is 2.72. The van der Waals surface area contributed by atoms with E-state index in [1.165, 1.54) is 57.8 Å². The number of benzene rings is 1. The molecular formula is C27H39F5. The van der Waals surface area contributed by atoms with E-state index in [1.54, 1.807) is 0 Å². The van der Waals surface area contributed by atoms with Crippen LogP contribution in [0.4, 0.5) is 22.0 Å². The van der Waals surface area contributed by atoms with Crippen LogP contribution in [0.3, 0.4) is 0 Å². The molecule has 5 heteroatoms. The van der Waals surface area contributed by atoms with Crippen molar-refractivity contribution in [3.63, 3.8) is 0 Å². The minimum absolute atomic E-state index is 0.0428. The van der Waals surface area contributed by atoms with Crippen LogP contribution in [0.2, 0.25) is 0 Å². The smallest absolute Gasteiger partial charge is 0.206 e. The second-order valence-corrected chi connectivity index (χ2v) is 10.9. The van der Waals surface area contributed by atoms with Gasteiger partial charge in [-0.1, -0.05) is 71.6 Å². The normalized spacial score (nSPS) is 27.1. The molecular weight excluding hydrogens is 419 g/mol. The summed E-state index contributed by atoms with van der Waals surface area (Å²) in [7, 11) is 0. The summed E-state index contributed by atoms with van der Waals surface area (Å²) < 4.78 is 66.3. The first-order valence-corrected chi connectivity index (χ1v) is 12.7. The van der Waals surface area contributed by atoms with Gasteiger partial charge in [-0.05, 0) is 73.0 Å². The van der Waals surface area contributed by atoms with Gasteiger partial charge >= 0.3 is 6.18 Å². The summed E-state index contributed by atoms with van der Waals surface area (Å²) in [4.78, 5) is 0. The van der Waals surface area contributed by atoms with Gasteiger partial charge in [-0.15, -0.1) is 0 Å². The lowest BCUT2D eigenvalue weighted by Gasteiger charge is -2.32. The van der Waals surface area contributed by atoms with E-state index in [9.17, 15) is 22.0 Å². The maximum absolute atomic E-state index is 13.9. The van der Waals surface area contributed by atoms with E-state index in [4.69, 9.17) is 0 Å². The monoisotopic (exact) mass is 458 g/mol. The Morgan fingerprint density at radius 1 is 0.750 bits per heavy atom. The highest BCUT2D eigenvalue weighted by Gasteiger charge is 2.38. The molecule has 3 rings (SSSR count). The third-order valence-electron chi connectivity index (χ3n) is 8.01. The largest absolute Gasteiger partial charge is 0.422 e. The van der Waals surface area contributed by atoms with Gasteiger partial charge in [-0.2, -0.15) is 13.2 Å². The third kappa shape index (κ3) is 7.18. The van der Waals surface area contributed by atoms with Gasteiger partial charge in [-0.3, -0.25) is 0 Å².